The van der Waals surface area contributed by atoms with Crippen molar-refractivity contribution in [3.63, 3.8) is 0 Å². The molecule has 41 valence electrons. The van der Waals surface area contributed by atoms with Gasteiger partial charge in [-0.15, -0.1) is 0 Å². The molecule has 1 aromatic rings. The quantitative estimate of drug-likeness (QED) is 0.569. The number of hydrogen-bond acceptors (Lipinski definition) is 2. The van der Waals surface area contributed by atoms with Crippen molar-refractivity contribution in [1.29, 1.82) is 0 Å². The third kappa shape index (κ3) is 1.04. The Bertz CT molecular complexity index is 148. The highest BCUT2D eigenvalue weighted by Crippen LogP contribution is 1.92. The molecule has 1 aromatic heterocycles. The molecule has 0 aliphatic rings. The molecule has 2 nitrogen and oxygen atoms in total. The lowest BCUT2D eigenvalue weighted by Gasteiger charge is -1.88. The summed E-state index contributed by atoms with van der Waals surface area (Å²) in [6, 6.07) is 3.69. The van der Waals surface area contributed by atoms with Gasteiger partial charge >= 0.3 is 0 Å². The standard InChI is InChI=1S/C6H7N2/c7-5-6-1-3-8-4-2-6/h1-5H,7H2. The molecule has 0 aliphatic carbocycles. The van der Waals surface area contributed by atoms with Gasteiger partial charge in [0.15, 0.2) is 0 Å². The van der Waals surface area contributed by atoms with Crippen LogP contribution in [0.15, 0.2) is 24.5 Å². The highest BCUT2D eigenvalue weighted by molar-refractivity contribution is 5.16. The van der Waals surface area contributed by atoms with Gasteiger partial charge in [-0.1, -0.05) is 0 Å². The lowest BCUT2D eigenvalue weighted by atomic mass is 10.3. The van der Waals surface area contributed by atoms with E-state index >= 15 is 0 Å². The highest BCUT2D eigenvalue weighted by atomic mass is 14.6. The fraction of sp³-hybridized carbons (Fsp3) is 0. The predicted molar refractivity (Wildman–Crippen MR) is 31.8 cm³/mol. The van der Waals surface area contributed by atoms with Crippen LogP contribution in [-0.4, -0.2) is 4.98 Å². The van der Waals surface area contributed by atoms with E-state index in [0.717, 1.165) is 5.56 Å². The summed E-state index contributed by atoms with van der Waals surface area (Å²) in [4.78, 5) is 3.82. The second-order valence-corrected chi connectivity index (χ2v) is 1.45. The van der Waals surface area contributed by atoms with Gasteiger partial charge in [0.1, 0.15) is 0 Å². The summed E-state index contributed by atoms with van der Waals surface area (Å²) in [5.74, 6) is 0. The van der Waals surface area contributed by atoms with Crippen molar-refractivity contribution >= 4 is 0 Å². The molecule has 2 N–H and O–H groups in total. The number of hydrogen-bond donors (Lipinski definition) is 1. The number of rotatable bonds is 1. The van der Waals surface area contributed by atoms with Crippen LogP contribution in [-0.2, 0) is 0 Å². The number of pyridine rings is 1. The summed E-state index contributed by atoms with van der Waals surface area (Å²) in [6.45, 7) is 1.54. The molecule has 0 saturated heterocycles. The van der Waals surface area contributed by atoms with E-state index in [0.29, 0.717) is 0 Å². The van der Waals surface area contributed by atoms with Crippen LogP contribution in [0.5, 0.6) is 0 Å². The Kier molecular flexibility index (Phi) is 1.59. The summed E-state index contributed by atoms with van der Waals surface area (Å²) in [5.41, 5.74) is 6.20. The topological polar surface area (TPSA) is 38.9 Å². The van der Waals surface area contributed by atoms with Crippen molar-refractivity contribution in [3.8, 4) is 0 Å². The SMILES string of the molecule is N[CH]c1ccncc1. The maximum absolute atomic E-state index is 5.20. The predicted octanol–water partition coefficient (Wildman–Crippen LogP) is 0.550. The van der Waals surface area contributed by atoms with Crippen molar-refractivity contribution in [3.05, 3.63) is 36.6 Å². The van der Waals surface area contributed by atoms with Crippen LogP contribution < -0.4 is 5.73 Å². The first-order chi connectivity index (χ1) is 3.93. The van der Waals surface area contributed by atoms with Gasteiger partial charge in [-0.3, -0.25) is 4.98 Å². The molecular weight excluding hydrogens is 100 g/mol. The van der Waals surface area contributed by atoms with Crippen LogP contribution in [0.2, 0.25) is 0 Å². The van der Waals surface area contributed by atoms with Gasteiger partial charge in [-0.2, -0.15) is 0 Å². The van der Waals surface area contributed by atoms with E-state index in [1.807, 2.05) is 12.1 Å². The molecule has 8 heavy (non-hydrogen) atoms. The Morgan fingerprint density at radius 3 is 2.38 bits per heavy atom. The molecule has 0 spiro atoms. The van der Waals surface area contributed by atoms with Crippen LogP contribution in [0.3, 0.4) is 0 Å². The second-order valence-electron chi connectivity index (χ2n) is 1.45. The lowest BCUT2D eigenvalue weighted by molar-refractivity contribution is 1.26. The van der Waals surface area contributed by atoms with Crippen molar-refractivity contribution in [2.75, 3.05) is 0 Å². The zero-order chi connectivity index (χ0) is 5.82. The van der Waals surface area contributed by atoms with E-state index < -0.39 is 0 Å². The molecule has 0 fully saturated rings. The molecule has 0 aromatic carbocycles. The van der Waals surface area contributed by atoms with Gasteiger partial charge in [-0.05, 0) is 17.7 Å². The average molecular weight is 107 g/mol. The highest BCUT2D eigenvalue weighted by Gasteiger charge is 1.81. The van der Waals surface area contributed by atoms with Gasteiger partial charge < -0.3 is 5.73 Å². The van der Waals surface area contributed by atoms with Crippen molar-refractivity contribution in [2.45, 2.75) is 0 Å². The first-order valence-corrected chi connectivity index (χ1v) is 2.38. The first-order valence-electron chi connectivity index (χ1n) is 2.38. The fourth-order valence-electron chi connectivity index (χ4n) is 0.475. The summed E-state index contributed by atoms with van der Waals surface area (Å²) in [5, 5.41) is 0. The molecule has 0 aliphatic heterocycles. The number of nitrogens with zero attached hydrogens (tertiary/aromatic N) is 1. The minimum absolute atomic E-state index is 1.00. The Hall–Kier alpha value is -0.890. The lowest BCUT2D eigenvalue weighted by Crippen LogP contribution is -1.91. The molecular formula is C6H7N2. The minimum Gasteiger partial charge on any atom is -0.322 e. The van der Waals surface area contributed by atoms with Gasteiger partial charge in [-0.25, -0.2) is 0 Å². The maximum Gasteiger partial charge on any atom is 0.0492 e. The molecule has 1 rings (SSSR count). The number of nitrogens with two attached hydrogens (primary N) is 1. The monoisotopic (exact) mass is 107 g/mol. The van der Waals surface area contributed by atoms with E-state index in [1.165, 1.54) is 0 Å². The molecule has 0 saturated carbocycles. The zero-order valence-corrected chi connectivity index (χ0v) is 4.41. The normalized spacial score (nSPS) is 9.12. The largest absolute Gasteiger partial charge is 0.322 e. The van der Waals surface area contributed by atoms with Crippen LogP contribution in [0.25, 0.3) is 0 Å². The molecule has 1 radical (unpaired) electrons. The molecule has 0 atom stereocenters. The fourth-order valence-corrected chi connectivity index (χ4v) is 0.475. The second kappa shape index (κ2) is 2.43. The van der Waals surface area contributed by atoms with E-state index in [2.05, 4.69) is 4.98 Å². The van der Waals surface area contributed by atoms with Crippen LogP contribution >= 0.6 is 0 Å². The molecule has 2 heteroatoms. The minimum atomic E-state index is 1.00. The third-order valence-electron chi connectivity index (χ3n) is 0.899. The summed E-state index contributed by atoms with van der Waals surface area (Å²) >= 11 is 0. The summed E-state index contributed by atoms with van der Waals surface area (Å²) in [6.07, 6.45) is 3.41. The van der Waals surface area contributed by atoms with Crippen molar-refractivity contribution < 1.29 is 0 Å². The Labute approximate surface area is 48.4 Å². The Morgan fingerprint density at radius 2 is 2.00 bits per heavy atom. The van der Waals surface area contributed by atoms with E-state index in [1.54, 1.807) is 18.9 Å². The van der Waals surface area contributed by atoms with Crippen molar-refractivity contribution in [2.24, 2.45) is 5.73 Å². The van der Waals surface area contributed by atoms with Crippen LogP contribution in [0.1, 0.15) is 5.56 Å². The third-order valence-corrected chi connectivity index (χ3v) is 0.899. The summed E-state index contributed by atoms with van der Waals surface area (Å²) < 4.78 is 0. The smallest absolute Gasteiger partial charge is 0.0492 e. The average Bonchev–Trinajstić information content (AvgIpc) is 1.90. The maximum atomic E-state index is 5.20. The Morgan fingerprint density at radius 1 is 1.38 bits per heavy atom. The molecule has 0 amide bonds. The zero-order valence-electron chi connectivity index (χ0n) is 4.41. The van der Waals surface area contributed by atoms with E-state index in [4.69, 9.17) is 5.73 Å². The Balaban J connectivity index is 2.83. The number of aromatic nitrogens is 1. The van der Waals surface area contributed by atoms with Gasteiger partial charge in [0.25, 0.3) is 0 Å². The molecule has 0 bridgehead atoms. The molecule has 1 heterocycles. The van der Waals surface area contributed by atoms with Crippen LogP contribution in [0, 0.1) is 6.54 Å². The van der Waals surface area contributed by atoms with Gasteiger partial charge in [0.2, 0.25) is 0 Å². The van der Waals surface area contributed by atoms with Crippen molar-refractivity contribution in [1.82, 2.24) is 4.98 Å². The summed E-state index contributed by atoms with van der Waals surface area (Å²) in [7, 11) is 0. The molecule has 0 unspecified atom stereocenters. The van der Waals surface area contributed by atoms with Gasteiger partial charge in [0.05, 0.1) is 0 Å². The van der Waals surface area contributed by atoms with E-state index in [9.17, 15) is 0 Å². The van der Waals surface area contributed by atoms with Crippen LogP contribution in [0.4, 0.5) is 0 Å². The van der Waals surface area contributed by atoms with E-state index in [-0.39, 0.29) is 0 Å². The van der Waals surface area contributed by atoms with Gasteiger partial charge in [0, 0.05) is 18.9 Å². The first kappa shape index (κ1) is 5.25.